The van der Waals surface area contributed by atoms with E-state index < -0.39 is 0 Å². The highest BCUT2D eigenvalue weighted by molar-refractivity contribution is 5.80. The van der Waals surface area contributed by atoms with Crippen molar-refractivity contribution >= 4 is 5.57 Å². The summed E-state index contributed by atoms with van der Waals surface area (Å²) < 4.78 is 0. The van der Waals surface area contributed by atoms with Crippen molar-refractivity contribution in [3.8, 4) is 0 Å². The summed E-state index contributed by atoms with van der Waals surface area (Å²) in [6, 6.07) is 27.6. The van der Waals surface area contributed by atoms with Crippen LogP contribution in [0.3, 0.4) is 0 Å². The van der Waals surface area contributed by atoms with Gasteiger partial charge in [0.1, 0.15) is 0 Å². The van der Waals surface area contributed by atoms with Gasteiger partial charge in [0.2, 0.25) is 0 Å². The van der Waals surface area contributed by atoms with Gasteiger partial charge in [-0.2, -0.15) is 0 Å². The molecular formula is C40H62. The van der Waals surface area contributed by atoms with E-state index in [9.17, 15) is 0 Å². The number of hydrogen-bond acceptors (Lipinski definition) is 0. The summed E-state index contributed by atoms with van der Waals surface area (Å²) in [6.07, 6.45) is 7.72. The molecular weight excluding hydrogens is 480 g/mol. The highest BCUT2D eigenvalue weighted by atomic mass is 14.2. The Hall–Kier alpha value is -2.86. The fraction of sp³-hybridized carbons (Fsp3) is 0.450. The minimum atomic E-state index is 0. The first-order valence-electron chi connectivity index (χ1n) is 15.3. The first-order chi connectivity index (χ1) is 18.8. The predicted octanol–water partition coefficient (Wildman–Crippen LogP) is 13.3. The zero-order valence-electron chi connectivity index (χ0n) is 26.8. The fourth-order valence-corrected chi connectivity index (χ4v) is 4.66. The molecule has 0 radical (unpaired) electrons. The van der Waals surface area contributed by atoms with E-state index in [1.54, 1.807) is 0 Å². The molecule has 1 unspecified atom stereocenters. The smallest absolute Gasteiger partial charge is 0.00462 e. The molecule has 3 aromatic rings. The van der Waals surface area contributed by atoms with Crippen molar-refractivity contribution in [3.63, 3.8) is 0 Å². The van der Waals surface area contributed by atoms with E-state index in [0.29, 0.717) is 5.92 Å². The van der Waals surface area contributed by atoms with Gasteiger partial charge < -0.3 is 0 Å². The fourth-order valence-electron chi connectivity index (χ4n) is 4.66. The molecule has 0 saturated heterocycles. The number of rotatable bonds is 10. The Morgan fingerprint density at radius 2 is 1.23 bits per heavy atom. The largest absolute Gasteiger partial charge is 0.0995 e. The minimum absolute atomic E-state index is 0. The van der Waals surface area contributed by atoms with Crippen LogP contribution in [0.5, 0.6) is 0 Å². The van der Waals surface area contributed by atoms with E-state index >= 15 is 0 Å². The standard InChI is InChI=1S/C21H24.C8H10.C8H18.C2H6.CH4/c1-6-19(15(2)3)21-10-8-7-9-20(21)17(5)18-13-11-16(4)12-14-18;1-2-8-6-4-3-5-7-8;1-4-6-8(3)7-5-2;1-2;/h7-14,19H,2,5-6H2,1,3-4H3;3-7H,2H2,1H3;8H,4-7H2,1-3H3;1-2H3;1H4. The molecule has 40 heavy (non-hydrogen) atoms. The zero-order chi connectivity index (χ0) is 29.6. The van der Waals surface area contributed by atoms with E-state index in [0.717, 1.165) is 24.3 Å². The third kappa shape index (κ3) is 15.1. The Bertz CT molecular complexity index is 1020. The second-order valence-electron chi connectivity index (χ2n) is 10.3. The first-order valence-corrected chi connectivity index (χ1v) is 15.3. The highest BCUT2D eigenvalue weighted by Crippen LogP contribution is 2.34. The van der Waals surface area contributed by atoms with Crippen molar-refractivity contribution in [3.05, 3.63) is 125 Å². The van der Waals surface area contributed by atoms with Crippen molar-refractivity contribution in [1.82, 2.24) is 0 Å². The summed E-state index contributed by atoms with van der Waals surface area (Å²) in [5.74, 6) is 1.35. The van der Waals surface area contributed by atoms with Crippen LogP contribution in [0, 0.1) is 12.8 Å². The molecule has 222 valence electrons. The normalized spacial score (nSPS) is 10.3. The molecule has 3 aromatic carbocycles. The van der Waals surface area contributed by atoms with Crippen LogP contribution in [0.1, 0.15) is 129 Å². The molecule has 0 saturated carbocycles. The van der Waals surface area contributed by atoms with Gasteiger partial charge in [-0.25, -0.2) is 0 Å². The molecule has 1 atom stereocenters. The Balaban J connectivity index is 0. The van der Waals surface area contributed by atoms with Gasteiger partial charge in [-0.15, -0.1) is 0 Å². The monoisotopic (exact) mass is 542 g/mol. The highest BCUT2D eigenvalue weighted by Gasteiger charge is 2.16. The number of aryl methyl sites for hydroxylation is 2. The Kier molecular flexibility index (Phi) is 23.5. The second kappa shape index (κ2) is 24.0. The Labute approximate surface area is 250 Å². The summed E-state index contributed by atoms with van der Waals surface area (Å²) in [5, 5.41) is 0. The van der Waals surface area contributed by atoms with Crippen molar-refractivity contribution in [2.75, 3.05) is 0 Å². The summed E-state index contributed by atoms with van der Waals surface area (Å²) >= 11 is 0. The van der Waals surface area contributed by atoms with E-state index in [1.165, 1.54) is 59.1 Å². The van der Waals surface area contributed by atoms with Gasteiger partial charge >= 0.3 is 0 Å². The molecule has 0 aromatic heterocycles. The van der Waals surface area contributed by atoms with Crippen LogP contribution in [-0.4, -0.2) is 0 Å². The van der Waals surface area contributed by atoms with Gasteiger partial charge in [-0.1, -0.05) is 185 Å². The number of hydrogen-bond donors (Lipinski definition) is 0. The maximum Gasteiger partial charge on any atom is 0.00462 e. The molecule has 0 spiro atoms. The third-order valence-electron chi connectivity index (χ3n) is 6.88. The van der Waals surface area contributed by atoms with Crippen molar-refractivity contribution in [2.45, 2.75) is 114 Å². The zero-order valence-corrected chi connectivity index (χ0v) is 26.8. The molecule has 0 amide bonds. The first kappa shape index (κ1) is 39.3. The predicted molar refractivity (Wildman–Crippen MR) is 186 cm³/mol. The van der Waals surface area contributed by atoms with Crippen LogP contribution >= 0.6 is 0 Å². The van der Waals surface area contributed by atoms with E-state index in [4.69, 9.17) is 0 Å². The average molecular weight is 543 g/mol. The van der Waals surface area contributed by atoms with Crippen LogP contribution in [0.15, 0.2) is 97.6 Å². The molecule has 0 bridgehead atoms. The lowest BCUT2D eigenvalue weighted by atomic mass is 9.84. The van der Waals surface area contributed by atoms with E-state index in [1.807, 2.05) is 19.9 Å². The lowest BCUT2D eigenvalue weighted by Crippen LogP contribution is -2.03. The Morgan fingerprint density at radius 3 is 1.65 bits per heavy atom. The molecule has 0 aliphatic heterocycles. The molecule has 0 fully saturated rings. The quantitative estimate of drug-likeness (QED) is 0.223. The molecule has 0 aliphatic rings. The van der Waals surface area contributed by atoms with Crippen molar-refractivity contribution in [2.24, 2.45) is 5.92 Å². The van der Waals surface area contributed by atoms with Gasteiger partial charge in [0, 0.05) is 5.92 Å². The SMILES string of the molecule is C.C=C(c1ccc(C)cc1)c1ccccc1C(CC)C(=C)C.CC.CCCC(C)CCC.CCc1ccccc1. The molecule has 0 heterocycles. The lowest BCUT2D eigenvalue weighted by molar-refractivity contribution is 0.480. The van der Waals surface area contributed by atoms with E-state index in [-0.39, 0.29) is 7.43 Å². The lowest BCUT2D eigenvalue weighted by Gasteiger charge is -2.20. The van der Waals surface area contributed by atoms with Crippen molar-refractivity contribution < 1.29 is 0 Å². The summed E-state index contributed by atoms with van der Waals surface area (Å²) in [6.45, 7) is 27.9. The third-order valence-corrected chi connectivity index (χ3v) is 6.88. The minimum Gasteiger partial charge on any atom is -0.0995 e. The maximum absolute atomic E-state index is 4.33. The summed E-state index contributed by atoms with van der Waals surface area (Å²) in [4.78, 5) is 0. The topological polar surface area (TPSA) is 0 Å². The Morgan fingerprint density at radius 1 is 0.725 bits per heavy atom. The van der Waals surface area contributed by atoms with Crippen LogP contribution < -0.4 is 0 Å². The summed E-state index contributed by atoms with van der Waals surface area (Å²) in [7, 11) is 0. The average Bonchev–Trinajstić information content (AvgIpc) is 2.96. The molecule has 3 rings (SSSR count). The van der Waals surface area contributed by atoms with Gasteiger partial charge in [-0.3, -0.25) is 0 Å². The van der Waals surface area contributed by atoms with Gasteiger partial charge in [0.25, 0.3) is 0 Å². The molecule has 0 heteroatoms. The number of allylic oxidation sites excluding steroid dienone is 1. The van der Waals surface area contributed by atoms with Gasteiger partial charge in [0.05, 0.1) is 0 Å². The van der Waals surface area contributed by atoms with Crippen LogP contribution in [0.4, 0.5) is 0 Å². The second-order valence-corrected chi connectivity index (χ2v) is 10.3. The van der Waals surface area contributed by atoms with Gasteiger partial charge in [0.15, 0.2) is 0 Å². The van der Waals surface area contributed by atoms with Gasteiger partial charge in [-0.05, 0) is 60.4 Å². The van der Waals surface area contributed by atoms with Crippen LogP contribution in [-0.2, 0) is 6.42 Å². The maximum atomic E-state index is 4.33. The van der Waals surface area contributed by atoms with E-state index in [2.05, 4.69) is 134 Å². The van der Waals surface area contributed by atoms with Crippen LogP contribution in [0.25, 0.3) is 5.57 Å². The molecule has 0 N–H and O–H groups in total. The molecule has 0 aliphatic carbocycles. The number of benzene rings is 3. The summed E-state index contributed by atoms with van der Waals surface area (Å²) in [5.41, 5.74) is 8.73. The molecule has 0 nitrogen and oxygen atoms in total. The van der Waals surface area contributed by atoms with Crippen molar-refractivity contribution in [1.29, 1.82) is 0 Å². The van der Waals surface area contributed by atoms with Crippen LogP contribution in [0.2, 0.25) is 0 Å².